The van der Waals surface area contributed by atoms with Crippen molar-refractivity contribution in [3.63, 3.8) is 0 Å². The zero-order valence-corrected chi connectivity index (χ0v) is 13.8. The van der Waals surface area contributed by atoms with Crippen molar-refractivity contribution in [2.45, 2.75) is 39.3 Å². The van der Waals surface area contributed by atoms with Crippen LogP contribution in [0.25, 0.3) is 11.0 Å². The second kappa shape index (κ2) is 6.72. The number of hydrogen-bond acceptors (Lipinski definition) is 4. The molecule has 2 heterocycles. The number of carbonyl (C=O) groups excluding carboxylic acids is 1. The summed E-state index contributed by atoms with van der Waals surface area (Å²) in [6.45, 7) is 7.68. The van der Waals surface area contributed by atoms with Gasteiger partial charge in [-0.3, -0.25) is 4.79 Å². The minimum Gasteiger partial charge on any atom is -0.464 e. The summed E-state index contributed by atoms with van der Waals surface area (Å²) in [5.41, 5.74) is 4.04. The summed E-state index contributed by atoms with van der Waals surface area (Å²) in [5.74, 6) is -0.0344. The first-order valence-corrected chi connectivity index (χ1v) is 8.04. The molecule has 124 valence electrons. The second-order valence-electron chi connectivity index (χ2n) is 6.10. The van der Waals surface area contributed by atoms with Crippen LogP contribution in [0.4, 0.5) is 0 Å². The number of nitrogens with one attached hydrogen (secondary N) is 1. The summed E-state index contributed by atoms with van der Waals surface area (Å²) in [7, 11) is 0. The Bertz CT molecular complexity index is 706. The van der Waals surface area contributed by atoms with E-state index in [4.69, 9.17) is 13.9 Å². The highest BCUT2D eigenvalue weighted by Gasteiger charge is 2.30. The van der Waals surface area contributed by atoms with Crippen LogP contribution in [0.15, 0.2) is 22.8 Å². The average Bonchev–Trinajstić information content (AvgIpc) is 3.07. The number of ether oxygens (including phenoxy) is 2. The second-order valence-corrected chi connectivity index (χ2v) is 6.10. The van der Waals surface area contributed by atoms with E-state index >= 15 is 0 Å². The molecule has 0 bridgehead atoms. The molecule has 1 amide bonds. The standard InChI is InChI=1S/C18H23NO4/c1-4-22-16-10-21-9-14(16)19-17(20)7-13-8-23-15-6-11(2)5-12(3)18(13)15/h5-6,8,14,16H,4,7,9-10H2,1-3H3,(H,19,20)/t14-,16-/m1/s1. The summed E-state index contributed by atoms with van der Waals surface area (Å²) in [6, 6.07) is 4.03. The normalized spacial score (nSPS) is 21.0. The number of amides is 1. The van der Waals surface area contributed by atoms with E-state index in [9.17, 15) is 4.79 Å². The van der Waals surface area contributed by atoms with Crippen molar-refractivity contribution in [1.82, 2.24) is 5.32 Å². The lowest BCUT2D eigenvalue weighted by atomic mass is 10.0. The number of aryl methyl sites for hydroxylation is 2. The Kier molecular flexibility index (Phi) is 4.68. The summed E-state index contributed by atoms with van der Waals surface area (Å²) >= 11 is 0. The highest BCUT2D eigenvalue weighted by molar-refractivity contribution is 5.90. The Morgan fingerprint density at radius 1 is 1.35 bits per heavy atom. The van der Waals surface area contributed by atoms with Gasteiger partial charge in [0.25, 0.3) is 0 Å². The maximum absolute atomic E-state index is 12.4. The van der Waals surface area contributed by atoms with Crippen LogP contribution in [-0.4, -0.2) is 37.9 Å². The molecule has 0 unspecified atom stereocenters. The number of hydrogen-bond donors (Lipinski definition) is 1. The molecule has 1 N–H and O–H groups in total. The van der Waals surface area contributed by atoms with Crippen molar-refractivity contribution in [2.24, 2.45) is 0 Å². The van der Waals surface area contributed by atoms with Crippen molar-refractivity contribution in [3.05, 3.63) is 35.1 Å². The molecule has 2 aromatic rings. The van der Waals surface area contributed by atoms with E-state index < -0.39 is 0 Å². The van der Waals surface area contributed by atoms with E-state index in [1.54, 1.807) is 6.26 Å². The zero-order valence-electron chi connectivity index (χ0n) is 13.8. The van der Waals surface area contributed by atoms with Crippen LogP contribution in [0.1, 0.15) is 23.6 Å². The summed E-state index contributed by atoms with van der Waals surface area (Å²) in [6.07, 6.45) is 1.92. The Hall–Kier alpha value is -1.85. The molecule has 23 heavy (non-hydrogen) atoms. The minimum absolute atomic E-state index is 0.0344. The van der Waals surface area contributed by atoms with Crippen LogP contribution in [0.5, 0.6) is 0 Å². The van der Waals surface area contributed by atoms with Gasteiger partial charge in [0.2, 0.25) is 5.91 Å². The van der Waals surface area contributed by atoms with Crippen molar-refractivity contribution < 1.29 is 18.7 Å². The van der Waals surface area contributed by atoms with Gasteiger partial charge in [-0.25, -0.2) is 0 Å². The number of carbonyl (C=O) groups is 1. The summed E-state index contributed by atoms with van der Waals surface area (Å²) in [5, 5.41) is 4.05. The minimum atomic E-state index is -0.0797. The topological polar surface area (TPSA) is 60.7 Å². The molecule has 1 saturated heterocycles. The molecular weight excluding hydrogens is 294 g/mol. The Morgan fingerprint density at radius 3 is 2.96 bits per heavy atom. The maximum atomic E-state index is 12.4. The smallest absolute Gasteiger partial charge is 0.224 e. The molecule has 5 nitrogen and oxygen atoms in total. The first-order chi connectivity index (χ1) is 11.1. The highest BCUT2D eigenvalue weighted by atomic mass is 16.5. The SMILES string of the molecule is CCO[C@@H]1COC[C@H]1NC(=O)Cc1coc2cc(C)cc(C)c12. The van der Waals surface area contributed by atoms with Gasteiger partial charge in [0, 0.05) is 17.6 Å². The fourth-order valence-electron chi connectivity index (χ4n) is 3.24. The fourth-order valence-corrected chi connectivity index (χ4v) is 3.24. The van der Waals surface area contributed by atoms with Crippen LogP contribution in [-0.2, 0) is 20.7 Å². The maximum Gasteiger partial charge on any atom is 0.224 e. The van der Waals surface area contributed by atoms with Crippen molar-refractivity contribution in [2.75, 3.05) is 19.8 Å². The van der Waals surface area contributed by atoms with Gasteiger partial charge in [-0.05, 0) is 38.0 Å². The lowest BCUT2D eigenvalue weighted by Crippen LogP contribution is -2.44. The summed E-state index contributed by atoms with van der Waals surface area (Å²) < 4.78 is 16.6. The van der Waals surface area contributed by atoms with Crippen LogP contribution in [0, 0.1) is 13.8 Å². The van der Waals surface area contributed by atoms with Crippen molar-refractivity contribution in [3.8, 4) is 0 Å². The van der Waals surface area contributed by atoms with Crippen LogP contribution < -0.4 is 5.32 Å². The van der Waals surface area contributed by atoms with Gasteiger partial charge in [0.05, 0.1) is 31.9 Å². The molecule has 0 radical (unpaired) electrons. The Balaban J connectivity index is 1.71. The van der Waals surface area contributed by atoms with Gasteiger partial charge in [-0.1, -0.05) is 6.07 Å². The molecule has 3 rings (SSSR count). The van der Waals surface area contributed by atoms with Crippen LogP contribution in [0.2, 0.25) is 0 Å². The molecule has 1 aromatic heterocycles. The van der Waals surface area contributed by atoms with E-state index in [2.05, 4.69) is 11.4 Å². The molecule has 0 aliphatic carbocycles. The molecule has 2 atom stereocenters. The van der Waals surface area contributed by atoms with Crippen LogP contribution >= 0.6 is 0 Å². The predicted molar refractivity (Wildman–Crippen MR) is 87.6 cm³/mol. The van der Waals surface area contributed by atoms with Gasteiger partial charge in [0.1, 0.15) is 11.7 Å². The van der Waals surface area contributed by atoms with E-state index in [-0.39, 0.29) is 18.1 Å². The summed E-state index contributed by atoms with van der Waals surface area (Å²) in [4.78, 5) is 12.4. The third-order valence-electron chi connectivity index (χ3n) is 4.20. The number of fused-ring (bicyclic) bond motifs is 1. The zero-order chi connectivity index (χ0) is 16.4. The molecule has 1 aliphatic heterocycles. The van der Waals surface area contributed by atoms with Crippen molar-refractivity contribution >= 4 is 16.9 Å². The lowest BCUT2D eigenvalue weighted by molar-refractivity contribution is -0.121. The fraction of sp³-hybridized carbons (Fsp3) is 0.500. The number of rotatable bonds is 5. The van der Waals surface area contributed by atoms with E-state index in [0.717, 1.165) is 27.7 Å². The van der Waals surface area contributed by atoms with E-state index in [1.165, 1.54) is 0 Å². The van der Waals surface area contributed by atoms with Gasteiger partial charge in [-0.15, -0.1) is 0 Å². The Labute approximate surface area is 135 Å². The Morgan fingerprint density at radius 2 is 2.17 bits per heavy atom. The van der Waals surface area contributed by atoms with Crippen molar-refractivity contribution in [1.29, 1.82) is 0 Å². The number of furan rings is 1. The largest absolute Gasteiger partial charge is 0.464 e. The molecular formula is C18H23NO4. The monoisotopic (exact) mass is 317 g/mol. The van der Waals surface area contributed by atoms with Gasteiger partial charge in [0.15, 0.2) is 0 Å². The first-order valence-electron chi connectivity index (χ1n) is 8.04. The lowest BCUT2D eigenvalue weighted by Gasteiger charge is -2.18. The molecule has 1 aromatic carbocycles. The third-order valence-corrected chi connectivity index (χ3v) is 4.20. The van der Waals surface area contributed by atoms with Gasteiger partial charge >= 0.3 is 0 Å². The van der Waals surface area contributed by atoms with Gasteiger partial charge in [-0.2, -0.15) is 0 Å². The molecule has 0 saturated carbocycles. The van der Waals surface area contributed by atoms with Gasteiger partial charge < -0.3 is 19.2 Å². The molecule has 5 heteroatoms. The van der Waals surface area contributed by atoms with E-state index in [1.807, 2.05) is 26.8 Å². The predicted octanol–water partition coefficient (Wildman–Crippen LogP) is 2.51. The molecule has 1 aliphatic rings. The van der Waals surface area contributed by atoms with Crippen LogP contribution in [0.3, 0.4) is 0 Å². The first kappa shape index (κ1) is 16.0. The number of benzene rings is 1. The quantitative estimate of drug-likeness (QED) is 0.920. The highest BCUT2D eigenvalue weighted by Crippen LogP contribution is 2.26. The molecule has 0 spiro atoms. The average molecular weight is 317 g/mol. The molecule has 1 fully saturated rings. The third kappa shape index (κ3) is 3.41. The van der Waals surface area contributed by atoms with E-state index in [0.29, 0.717) is 26.2 Å².